The van der Waals surface area contributed by atoms with Crippen LogP contribution < -0.4 is 9.47 Å². The maximum absolute atomic E-state index is 12.0. The lowest BCUT2D eigenvalue weighted by atomic mass is 9.81. The molecule has 8 nitrogen and oxygen atoms in total. The van der Waals surface area contributed by atoms with Crippen LogP contribution in [0, 0.1) is 0 Å². The number of hydrogen-bond donors (Lipinski definition) is 2. The Morgan fingerprint density at radius 1 is 0.852 bits per heavy atom. The van der Waals surface area contributed by atoms with Crippen molar-refractivity contribution in [3.8, 4) is 11.5 Å². The van der Waals surface area contributed by atoms with Gasteiger partial charge < -0.3 is 19.7 Å². The number of aromatic nitrogens is 2. The average Bonchev–Trinajstić information content (AvgIpc) is 3.12. The van der Waals surface area contributed by atoms with Crippen LogP contribution in [-0.2, 0) is 9.59 Å². The van der Waals surface area contributed by atoms with E-state index in [0.717, 1.165) is 11.7 Å². The molecule has 0 fully saturated rings. The number of benzene rings is 2. The van der Waals surface area contributed by atoms with Crippen molar-refractivity contribution in [3.05, 3.63) is 47.5 Å². The first kappa shape index (κ1) is 18.6. The molecular formula is C18H16N2O6S. The molecule has 1 heterocycles. The van der Waals surface area contributed by atoms with Gasteiger partial charge in [0.15, 0.2) is 11.5 Å². The topological polar surface area (TPSA) is 119 Å². The van der Waals surface area contributed by atoms with E-state index in [2.05, 4.69) is 8.75 Å². The molecule has 0 saturated carbocycles. The van der Waals surface area contributed by atoms with Gasteiger partial charge in [-0.05, 0) is 35.4 Å². The second-order valence-electron chi connectivity index (χ2n) is 5.76. The Balaban J connectivity index is 2.12. The van der Waals surface area contributed by atoms with E-state index in [4.69, 9.17) is 9.47 Å². The molecule has 2 aromatic carbocycles. The standard InChI is InChI=1S/C18H16N2O6S/c1-25-13-6-4-10(8-14(13)26-2)16(18(23)24)15(17(21)22)9-3-5-11-12(7-9)20-27-19-11/h3-8,15-16H,1-2H3,(H,21,22)(H,23,24). The van der Waals surface area contributed by atoms with E-state index in [1.54, 1.807) is 24.3 Å². The summed E-state index contributed by atoms with van der Waals surface area (Å²) >= 11 is 1.01. The Labute approximate surface area is 158 Å². The normalized spacial score (nSPS) is 13.1. The minimum atomic E-state index is -1.33. The van der Waals surface area contributed by atoms with Gasteiger partial charge in [-0.3, -0.25) is 9.59 Å². The summed E-state index contributed by atoms with van der Waals surface area (Å²) in [5.74, 6) is -4.40. The smallest absolute Gasteiger partial charge is 0.312 e. The Bertz CT molecular complexity index is 1000. The van der Waals surface area contributed by atoms with Crippen LogP contribution in [-0.4, -0.2) is 45.1 Å². The highest BCUT2D eigenvalue weighted by molar-refractivity contribution is 7.00. The highest BCUT2D eigenvalue weighted by Crippen LogP contribution is 2.38. The monoisotopic (exact) mass is 388 g/mol. The first-order valence-electron chi connectivity index (χ1n) is 7.86. The molecule has 140 valence electrons. The van der Waals surface area contributed by atoms with Gasteiger partial charge in [0.25, 0.3) is 0 Å². The zero-order valence-corrected chi connectivity index (χ0v) is 15.3. The fraction of sp³-hybridized carbons (Fsp3) is 0.222. The van der Waals surface area contributed by atoms with Gasteiger partial charge in [0.2, 0.25) is 0 Å². The van der Waals surface area contributed by atoms with Crippen molar-refractivity contribution < 1.29 is 29.3 Å². The summed E-state index contributed by atoms with van der Waals surface area (Å²) in [5, 5.41) is 19.6. The molecule has 2 unspecified atom stereocenters. The highest BCUT2D eigenvalue weighted by atomic mass is 32.1. The van der Waals surface area contributed by atoms with Crippen LogP contribution in [0.1, 0.15) is 23.0 Å². The Morgan fingerprint density at radius 3 is 2.00 bits per heavy atom. The van der Waals surface area contributed by atoms with Crippen LogP contribution in [0.15, 0.2) is 36.4 Å². The minimum Gasteiger partial charge on any atom is -0.493 e. The number of rotatable bonds is 7. The van der Waals surface area contributed by atoms with E-state index in [9.17, 15) is 19.8 Å². The molecule has 0 saturated heterocycles. The van der Waals surface area contributed by atoms with E-state index in [-0.39, 0.29) is 0 Å². The first-order valence-corrected chi connectivity index (χ1v) is 8.59. The van der Waals surface area contributed by atoms with Gasteiger partial charge in [-0.25, -0.2) is 0 Å². The summed E-state index contributed by atoms with van der Waals surface area (Å²) in [4.78, 5) is 24.0. The number of nitrogens with zero attached hydrogens (tertiary/aromatic N) is 2. The van der Waals surface area contributed by atoms with Gasteiger partial charge >= 0.3 is 11.9 Å². The number of carboxylic acids is 2. The van der Waals surface area contributed by atoms with Crippen LogP contribution in [0.2, 0.25) is 0 Å². The summed E-state index contributed by atoms with van der Waals surface area (Å²) < 4.78 is 18.6. The summed E-state index contributed by atoms with van der Waals surface area (Å²) in [6.07, 6.45) is 0. The highest BCUT2D eigenvalue weighted by Gasteiger charge is 2.37. The molecule has 0 bridgehead atoms. The third kappa shape index (κ3) is 3.54. The van der Waals surface area contributed by atoms with Crippen LogP contribution >= 0.6 is 11.7 Å². The molecule has 27 heavy (non-hydrogen) atoms. The van der Waals surface area contributed by atoms with Crippen LogP contribution in [0.5, 0.6) is 11.5 Å². The molecule has 0 amide bonds. The van der Waals surface area contributed by atoms with Gasteiger partial charge in [-0.2, -0.15) is 8.75 Å². The zero-order chi connectivity index (χ0) is 19.6. The van der Waals surface area contributed by atoms with Crippen molar-refractivity contribution in [3.63, 3.8) is 0 Å². The second kappa shape index (κ2) is 7.58. The lowest BCUT2D eigenvalue weighted by Gasteiger charge is -2.22. The maximum atomic E-state index is 12.0. The number of ether oxygens (including phenoxy) is 2. The molecule has 3 aromatic rings. The molecule has 0 aliphatic carbocycles. The van der Waals surface area contributed by atoms with Crippen LogP contribution in [0.3, 0.4) is 0 Å². The summed E-state index contributed by atoms with van der Waals surface area (Å²) in [7, 11) is 2.89. The molecule has 3 rings (SSSR count). The SMILES string of the molecule is COc1ccc(C(C(=O)O)C(C(=O)O)c2ccc3nsnc3c2)cc1OC. The molecule has 0 aliphatic heterocycles. The first-order chi connectivity index (χ1) is 13.0. The van der Waals surface area contributed by atoms with Gasteiger partial charge in [-0.1, -0.05) is 12.1 Å². The molecule has 9 heteroatoms. The second-order valence-corrected chi connectivity index (χ2v) is 6.29. The van der Waals surface area contributed by atoms with E-state index in [0.29, 0.717) is 33.7 Å². The van der Waals surface area contributed by atoms with E-state index in [1.807, 2.05) is 0 Å². The predicted molar refractivity (Wildman–Crippen MR) is 97.7 cm³/mol. The number of methoxy groups -OCH3 is 2. The fourth-order valence-electron chi connectivity index (χ4n) is 2.99. The molecule has 0 aliphatic rings. The van der Waals surface area contributed by atoms with Gasteiger partial charge in [-0.15, -0.1) is 0 Å². The third-order valence-corrected chi connectivity index (χ3v) is 4.83. The molecule has 0 spiro atoms. The van der Waals surface area contributed by atoms with Crippen molar-refractivity contribution in [1.82, 2.24) is 8.75 Å². The lowest BCUT2D eigenvalue weighted by molar-refractivity contribution is -0.147. The van der Waals surface area contributed by atoms with Gasteiger partial charge in [0.1, 0.15) is 11.0 Å². The summed E-state index contributed by atoms with van der Waals surface area (Å²) in [6.45, 7) is 0. The van der Waals surface area contributed by atoms with Crippen molar-refractivity contribution in [1.29, 1.82) is 0 Å². The van der Waals surface area contributed by atoms with Crippen LogP contribution in [0.25, 0.3) is 11.0 Å². The van der Waals surface area contributed by atoms with E-state index >= 15 is 0 Å². The molecule has 1 aromatic heterocycles. The van der Waals surface area contributed by atoms with Crippen molar-refractivity contribution >= 4 is 34.7 Å². The average molecular weight is 388 g/mol. The molecule has 2 atom stereocenters. The number of fused-ring (bicyclic) bond motifs is 1. The summed E-state index contributed by atoms with van der Waals surface area (Å²) in [6, 6.07) is 9.33. The molecule has 0 radical (unpaired) electrons. The third-order valence-electron chi connectivity index (χ3n) is 4.27. The van der Waals surface area contributed by atoms with Gasteiger partial charge in [0, 0.05) is 0 Å². The Morgan fingerprint density at radius 2 is 1.41 bits per heavy atom. The van der Waals surface area contributed by atoms with Gasteiger partial charge in [0.05, 0.1) is 37.8 Å². The number of carboxylic acid groups (broad SMARTS) is 2. The fourth-order valence-corrected chi connectivity index (χ4v) is 3.51. The quantitative estimate of drug-likeness (QED) is 0.634. The Hall–Kier alpha value is -3.20. The number of hydrogen-bond acceptors (Lipinski definition) is 7. The molecular weight excluding hydrogens is 372 g/mol. The number of aliphatic carboxylic acids is 2. The van der Waals surface area contributed by atoms with Crippen molar-refractivity contribution in [2.24, 2.45) is 0 Å². The minimum absolute atomic E-state index is 0.295. The van der Waals surface area contributed by atoms with Crippen LogP contribution in [0.4, 0.5) is 0 Å². The zero-order valence-electron chi connectivity index (χ0n) is 14.4. The van der Waals surface area contributed by atoms with Crippen molar-refractivity contribution in [2.75, 3.05) is 14.2 Å². The van der Waals surface area contributed by atoms with E-state index < -0.39 is 23.8 Å². The lowest BCUT2D eigenvalue weighted by Crippen LogP contribution is -2.26. The molecule has 2 N–H and O–H groups in total. The predicted octanol–water partition coefficient (Wildman–Crippen LogP) is 2.75. The largest absolute Gasteiger partial charge is 0.493 e. The maximum Gasteiger partial charge on any atom is 0.312 e. The number of carbonyl (C=O) groups is 2. The van der Waals surface area contributed by atoms with E-state index in [1.165, 1.54) is 26.4 Å². The van der Waals surface area contributed by atoms with Crippen molar-refractivity contribution in [2.45, 2.75) is 11.8 Å². The summed E-state index contributed by atoms with van der Waals surface area (Å²) in [5.41, 5.74) is 1.79. The Kier molecular flexibility index (Phi) is 5.22.